The summed E-state index contributed by atoms with van der Waals surface area (Å²) < 4.78 is 5.71. The van der Waals surface area contributed by atoms with E-state index in [-0.39, 0.29) is 6.04 Å². The summed E-state index contributed by atoms with van der Waals surface area (Å²) in [5, 5.41) is 11.6. The van der Waals surface area contributed by atoms with Gasteiger partial charge < -0.3 is 9.73 Å². The molecule has 2 aromatic heterocycles. The van der Waals surface area contributed by atoms with Gasteiger partial charge in [-0.25, -0.2) is 0 Å². The predicted molar refractivity (Wildman–Crippen MR) is 68.9 cm³/mol. The normalized spacial score (nSPS) is 12.6. The molecule has 0 aliphatic heterocycles. The summed E-state index contributed by atoms with van der Waals surface area (Å²) in [4.78, 5) is 3.97. The Labute approximate surface area is 107 Å². The van der Waals surface area contributed by atoms with Crippen molar-refractivity contribution in [1.29, 1.82) is 0 Å². The lowest BCUT2D eigenvalue weighted by Gasteiger charge is -2.11. The summed E-state index contributed by atoms with van der Waals surface area (Å²) in [5.74, 6) is 1.20. The summed E-state index contributed by atoms with van der Waals surface area (Å²) >= 11 is 0. The van der Waals surface area contributed by atoms with Crippen LogP contribution in [0.15, 0.2) is 28.9 Å². The van der Waals surface area contributed by atoms with E-state index in [0.29, 0.717) is 11.8 Å². The van der Waals surface area contributed by atoms with Crippen LogP contribution in [0.2, 0.25) is 0 Å². The first-order chi connectivity index (χ1) is 8.85. The van der Waals surface area contributed by atoms with Crippen molar-refractivity contribution in [2.45, 2.75) is 32.7 Å². The second-order valence-electron chi connectivity index (χ2n) is 4.10. The number of rotatable bonds is 6. The molecule has 0 spiro atoms. The van der Waals surface area contributed by atoms with Crippen LogP contribution in [0.1, 0.15) is 38.6 Å². The van der Waals surface area contributed by atoms with E-state index in [0.717, 1.165) is 24.9 Å². The van der Waals surface area contributed by atoms with E-state index in [1.807, 2.05) is 12.1 Å². The SMILES string of the molecule is CCCNC(CC)c1nnc(-c2ccncc2)o1. The van der Waals surface area contributed by atoms with E-state index in [1.165, 1.54) is 0 Å². The lowest BCUT2D eigenvalue weighted by Crippen LogP contribution is -2.21. The Morgan fingerprint density at radius 2 is 2.00 bits per heavy atom. The molecule has 5 nitrogen and oxygen atoms in total. The number of hydrogen-bond donors (Lipinski definition) is 1. The molecular formula is C13H18N4O. The van der Waals surface area contributed by atoms with Crippen molar-refractivity contribution in [3.63, 3.8) is 0 Å². The first-order valence-electron chi connectivity index (χ1n) is 6.32. The molecule has 1 N–H and O–H groups in total. The minimum atomic E-state index is 0.132. The summed E-state index contributed by atoms with van der Waals surface area (Å²) in [7, 11) is 0. The van der Waals surface area contributed by atoms with Gasteiger partial charge in [-0.2, -0.15) is 0 Å². The third kappa shape index (κ3) is 2.92. The number of aromatic nitrogens is 3. The van der Waals surface area contributed by atoms with E-state index in [9.17, 15) is 0 Å². The minimum Gasteiger partial charge on any atom is -0.419 e. The molecule has 5 heteroatoms. The highest BCUT2D eigenvalue weighted by atomic mass is 16.4. The smallest absolute Gasteiger partial charge is 0.247 e. The van der Waals surface area contributed by atoms with E-state index in [1.54, 1.807) is 12.4 Å². The summed E-state index contributed by atoms with van der Waals surface area (Å²) in [5.41, 5.74) is 0.897. The van der Waals surface area contributed by atoms with Crippen molar-refractivity contribution in [3.05, 3.63) is 30.4 Å². The van der Waals surface area contributed by atoms with Gasteiger partial charge in [0, 0.05) is 18.0 Å². The van der Waals surface area contributed by atoms with Gasteiger partial charge in [0.25, 0.3) is 0 Å². The maximum absolute atomic E-state index is 5.71. The zero-order valence-electron chi connectivity index (χ0n) is 10.8. The minimum absolute atomic E-state index is 0.132. The van der Waals surface area contributed by atoms with Crippen molar-refractivity contribution in [3.8, 4) is 11.5 Å². The largest absolute Gasteiger partial charge is 0.419 e. The maximum Gasteiger partial charge on any atom is 0.247 e. The summed E-state index contributed by atoms with van der Waals surface area (Å²) in [6.07, 6.45) is 5.44. The van der Waals surface area contributed by atoms with Crippen molar-refractivity contribution >= 4 is 0 Å². The molecule has 0 saturated carbocycles. The molecule has 0 aromatic carbocycles. The van der Waals surface area contributed by atoms with Crippen LogP contribution in [0.3, 0.4) is 0 Å². The fourth-order valence-corrected chi connectivity index (χ4v) is 1.71. The number of pyridine rings is 1. The standard InChI is InChI=1S/C13H18N4O/c1-3-7-15-11(4-2)13-17-16-12(18-13)10-5-8-14-9-6-10/h5-6,8-9,11,15H,3-4,7H2,1-2H3. The topological polar surface area (TPSA) is 63.8 Å². The summed E-state index contributed by atoms with van der Waals surface area (Å²) in [6.45, 7) is 5.19. The number of nitrogens with one attached hydrogen (secondary N) is 1. The lowest BCUT2D eigenvalue weighted by atomic mass is 10.2. The van der Waals surface area contributed by atoms with Gasteiger partial charge in [-0.1, -0.05) is 13.8 Å². The van der Waals surface area contributed by atoms with Gasteiger partial charge in [0.15, 0.2) is 0 Å². The van der Waals surface area contributed by atoms with Crippen LogP contribution in [-0.2, 0) is 0 Å². The fourth-order valence-electron chi connectivity index (χ4n) is 1.71. The molecular weight excluding hydrogens is 228 g/mol. The first-order valence-corrected chi connectivity index (χ1v) is 6.32. The molecule has 0 radical (unpaired) electrons. The maximum atomic E-state index is 5.71. The Balaban J connectivity index is 2.14. The van der Waals surface area contributed by atoms with Crippen LogP contribution in [0.5, 0.6) is 0 Å². The van der Waals surface area contributed by atoms with Crippen LogP contribution in [-0.4, -0.2) is 21.7 Å². The van der Waals surface area contributed by atoms with Crippen molar-refractivity contribution in [2.24, 2.45) is 0 Å². The molecule has 2 aromatic rings. The lowest BCUT2D eigenvalue weighted by molar-refractivity contribution is 0.396. The molecule has 0 aliphatic carbocycles. The molecule has 0 bridgehead atoms. The summed E-state index contributed by atoms with van der Waals surface area (Å²) in [6, 6.07) is 3.85. The zero-order chi connectivity index (χ0) is 12.8. The van der Waals surface area contributed by atoms with Crippen molar-refractivity contribution < 1.29 is 4.42 Å². The first kappa shape index (κ1) is 12.7. The molecule has 0 amide bonds. The van der Waals surface area contributed by atoms with E-state index < -0.39 is 0 Å². The van der Waals surface area contributed by atoms with Gasteiger partial charge in [0.1, 0.15) is 0 Å². The van der Waals surface area contributed by atoms with E-state index in [4.69, 9.17) is 4.42 Å². The quantitative estimate of drug-likeness (QED) is 0.848. The fraction of sp³-hybridized carbons (Fsp3) is 0.462. The monoisotopic (exact) mass is 246 g/mol. The second kappa shape index (κ2) is 6.26. The van der Waals surface area contributed by atoms with E-state index >= 15 is 0 Å². The average molecular weight is 246 g/mol. The molecule has 1 unspecified atom stereocenters. The molecule has 2 heterocycles. The highest BCUT2D eigenvalue weighted by Gasteiger charge is 2.16. The van der Waals surface area contributed by atoms with Crippen LogP contribution in [0.4, 0.5) is 0 Å². The highest BCUT2D eigenvalue weighted by molar-refractivity contribution is 5.50. The van der Waals surface area contributed by atoms with Crippen LogP contribution in [0.25, 0.3) is 11.5 Å². The van der Waals surface area contributed by atoms with Crippen molar-refractivity contribution in [2.75, 3.05) is 6.54 Å². The average Bonchev–Trinajstić information content (AvgIpc) is 2.90. The molecule has 0 aliphatic rings. The van der Waals surface area contributed by atoms with Gasteiger partial charge in [-0.15, -0.1) is 10.2 Å². The Hall–Kier alpha value is -1.75. The third-order valence-electron chi connectivity index (χ3n) is 2.71. The molecule has 0 saturated heterocycles. The number of nitrogens with zero attached hydrogens (tertiary/aromatic N) is 3. The molecule has 96 valence electrons. The molecule has 2 rings (SSSR count). The third-order valence-corrected chi connectivity index (χ3v) is 2.71. The van der Waals surface area contributed by atoms with Gasteiger partial charge in [0.05, 0.1) is 6.04 Å². The second-order valence-corrected chi connectivity index (χ2v) is 4.10. The van der Waals surface area contributed by atoms with Gasteiger partial charge in [0.2, 0.25) is 11.8 Å². The molecule has 1 atom stereocenters. The van der Waals surface area contributed by atoms with Crippen molar-refractivity contribution in [1.82, 2.24) is 20.5 Å². The van der Waals surface area contributed by atoms with Gasteiger partial charge >= 0.3 is 0 Å². The van der Waals surface area contributed by atoms with Crippen LogP contribution in [0, 0.1) is 0 Å². The van der Waals surface area contributed by atoms with Gasteiger partial charge in [-0.05, 0) is 31.5 Å². The highest BCUT2D eigenvalue weighted by Crippen LogP contribution is 2.21. The zero-order valence-corrected chi connectivity index (χ0v) is 10.8. The van der Waals surface area contributed by atoms with E-state index in [2.05, 4.69) is 34.3 Å². The Morgan fingerprint density at radius 1 is 1.22 bits per heavy atom. The predicted octanol–water partition coefficient (Wildman–Crippen LogP) is 2.58. The van der Waals surface area contributed by atoms with Gasteiger partial charge in [-0.3, -0.25) is 4.98 Å². The number of hydrogen-bond acceptors (Lipinski definition) is 5. The molecule has 18 heavy (non-hydrogen) atoms. The Morgan fingerprint density at radius 3 is 2.67 bits per heavy atom. The Kier molecular flexibility index (Phi) is 4.41. The van der Waals surface area contributed by atoms with Crippen LogP contribution < -0.4 is 5.32 Å². The molecule has 0 fully saturated rings. The van der Waals surface area contributed by atoms with Crippen LogP contribution >= 0.6 is 0 Å². The Bertz CT molecular complexity index is 469.